The first-order chi connectivity index (χ1) is 12.2. The van der Waals surface area contributed by atoms with Gasteiger partial charge in [-0.2, -0.15) is 0 Å². The van der Waals surface area contributed by atoms with E-state index in [1.54, 1.807) is 0 Å². The van der Waals surface area contributed by atoms with E-state index in [1.165, 1.54) is 5.56 Å². The number of amides is 1. The Hall–Kier alpha value is -2.33. The van der Waals surface area contributed by atoms with Crippen LogP contribution < -0.4 is 4.74 Å². The van der Waals surface area contributed by atoms with E-state index in [4.69, 9.17) is 4.74 Å². The summed E-state index contributed by atoms with van der Waals surface area (Å²) in [4.78, 5) is 17.1. The van der Waals surface area contributed by atoms with Gasteiger partial charge in [0.15, 0.2) is 0 Å². The summed E-state index contributed by atoms with van der Waals surface area (Å²) in [6.07, 6.45) is 0.442. The van der Waals surface area contributed by atoms with Crippen molar-refractivity contribution in [3.8, 4) is 5.75 Å². The summed E-state index contributed by atoms with van der Waals surface area (Å²) in [6, 6.07) is 18.5. The molecule has 0 spiro atoms. The van der Waals surface area contributed by atoms with Crippen LogP contribution >= 0.6 is 0 Å². The van der Waals surface area contributed by atoms with Crippen LogP contribution in [-0.2, 0) is 11.2 Å². The molecule has 0 saturated carbocycles. The lowest BCUT2D eigenvalue weighted by molar-refractivity contribution is -0.133. The first-order valence-electron chi connectivity index (χ1n) is 8.92. The fourth-order valence-corrected chi connectivity index (χ4v) is 3.29. The maximum absolute atomic E-state index is 12.7. The molecule has 1 fully saturated rings. The molecule has 2 aromatic carbocycles. The second-order valence-corrected chi connectivity index (χ2v) is 6.50. The normalized spacial score (nSPS) is 18.2. The Kier molecular flexibility index (Phi) is 5.71. The van der Waals surface area contributed by atoms with Gasteiger partial charge < -0.3 is 9.64 Å². The minimum absolute atomic E-state index is 0.193. The standard InChI is InChI=1S/C21H26N2O2/c1-3-25-19-11-9-17(10-12-19)15-21(24)23-14-13-22(2)20(16-23)18-7-5-4-6-8-18/h4-12,20H,3,13-16H2,1-2H3. The lowest BCUT2D eigenvalue weighted by Gasteiger charge is -2.39. The van der Waals surface area contributed by atoms with Gasteiger partial charge in [0.05, 0.1) is 19.1 Å². The van der Waals surface area contributed by atoms with Crippen LogP contribution in [0.2, 0.25) is 0 Å². The smallest absolute Gasteiger partial charge is 0.227 e. The van der Waals surface area contributed by atoms with Crippen LogP contribution in [0.5, 0.6) is 5.75 Å². The molecule has 0 aliphatic carbocycles. The molecule has 25 heavy (non-hydrogen) atoms. The van der Waals surface area contributed by atoms with Crippen molar-refractivity contribution >= 4 is 5.91 Å². The molecule has 4 heteroatoms. The van der Waals surface area contributed by atoms with Crippen LogP contribution in [0.1, 0.15) is 24.1 Å². The van der Waals surface area contributed by atoms with Crippen molar-refractivity contribution in [3.63, 3.8) is 0 Å². The molecule has 2 aromatic rings. The molecule has 1 unspecified atom stereocenters. The lowest BCUT2D eigenvalue weighted by atomic mass is 10.0. The molecule has 3 rings (SSSR count). The van der Waals surface area contributed by atoms with Gasteiger partial charge in [-0.3, -0.25) is 9.69 Å². The number of carbonyl (C=O) groups excluding carboxylic acids is 1. The van der Waals surface area contributed by atoms with E-state index < -0.39 is 0 Å². The van der Waals surface area contributed by atoms with Crippen molar-refractivity contribution in [2.75, 3.05) is 33.3 Å². The van der Waals surface area contributed by atoms with E-state index in [0.29, 0.717) is 13.0 Å². The van der Waals surface area contributed by atoms with Gasteiger partial charge in [-0.25, -0.2) is 0 Å². The van der Waals surface area contributed by atoms with Crippen LogP contribution in [-0.4, -0.2) is 49.0 Å². The van der Waals surface area contributed by atoms with E-state index in [9.17, 15) is 4.79 Å². The Morgan fingerprint density at radius 2 is 1.80 bits per heavy atom. The van der Waals surface area contributed by atoms with Gasteiger partial charge in [0.2, 0.25) is 5.91 Å². The predicted molar refractivity (Wildman–Crippen MR) is 99.7 cm³/mol. The molecule has 1 atom stereocenters. The summed E-state index contributed by atoms with van der Waals surface area (Å²) in [5, 5.41) is 0. The summed E-state index contributed by atoms with van der Waals surface area (Å²) in [7, 11) is 2.13. The topological polar surface area (TPSA) is 32.8 Å². The third-order valence-electron chi connectivity index (χ3n) is 4.77. The van der Waals surface area contributed by atoms with E-state index in [-0.39, 0.29) is 11.9 Å². The first kappa shape index (κ1) is 17.5. The lowest BCUT2D eigenvalue weighted by Crippen LogP contribution is -2.49. The quantitative estimate of drug-likeness (QED) is 0.840. The molecule has 0 aromatic heterocycles. The fourth-order valence-electron chi connectivity index (χ4n) is 3.29. The largest absolute Gasteiger partial charge is 0.494 e. The number of rotatable bonds is 5. The predicted octanol–water partition coefficient (Wildman–Crippen LogP) is 3.14. The number of nitrogens with zero attached hydrogens (tertiary/aromatic N) is 2. The van der Waals surface area contributed by atoms with Crippen molar-refractivity contribution in [2.45, 2.75) is 19.4 Å². The van der Waals surface area contributed by atoms with Gasteiger partial charge >= 0.3 is 0 Å². The second kappa shape index (κ2) is 8.17. The summed E-state index contributed by atoms with van der Waals surface area (Å²) >= 11 is 0. The highest BCUT2D eigenvalue weighted by molar-refractivity contribution is 5.79. The monoisotopic (exact) mass is 338 g/mol. The van der Waals surface area contributed by atoms with Gasteiger partial charge in [-0.15, -0.1) is 0 Å². The van der Waals surface area contributed by atoms with Crippen molar-refractivity contribution in [3.05, 3.63) is 65.7 Å². The Morgan fingerprint density at radius 3 is 2.48 bits per heavy atom. The minimum Gasteiger partial charge on any atom is -0.494 e. The number of likely N-dealkylation sites (N-methyl/N-ethyl adjacent to an activating group) is 1. The molecule has 132 valence electrons. The average Bonchev–Trinajstić information content (AvgIpc) is 2.64. The van der Waals surface area contributed by atoms with Crippen LogP contribution in [0.15, 0.2) is 54.6 Å². The molecule has 1 amide bonds. The zero-order valence-electron chi connectivity index (χ0n) is 15.0. The first-order valence-corrected chi connectivity index (χ1v) is 8.92. The molecular formula is C21H26N2O2. The molecule has 1 saturated heterocycles. The Morgan fingerprint density at radius 1 is 1.08 bits per heavy atom. The third-order valence-corrected chi connectivity index (χ3v) is 4.77. The number of hydrogen-bond acceptors (Lipinski definition) is 3. The molecule has 0 N–H and O–H groups in total. The summed E-state index contributed by atoms with van der Waals surface area (Å²) in [5.41, 5.74) is 2.30. The fraction of sp³-hybridized carbons (Fsp3) is 0.381. The van der Waals surface area contributed by atoms with Gasteiger partial charge in [0.25, 0.3) is 0 Å². The summed E-state index contributed by atoms with van der Waals surface area (Å²) in [5.74, 6) is 1.04. The van der Waals surface area contributed by atoms with E-state index in [1.807, 2.05) is 42.2 Å². The van der Waals surface area contributed by atoms with Crippen LogP contribution in [0.25, 0.3) is 0 Å². The van der Waals surface area contributed by atoms with Gasteiger partial charge in [-0.1, -0.05) is 42.5 Å². The molecule has 1 aliphatic heterocycles. The highest BCUT2D eigenvalue weighted by Gasteiger charge is 2.28. The molecule has 4 nitrogen and oxygen atoms in total. The summed E-state index contributed by atoms with van der Waals surface area (Å²) in [6.45, 7) is 5.05. The van der Waals surface area contributed by atoms with Crippen LogP contribution in [0.3, 0.4) is 0 Å². The average molecular weight is 338 g/mol. The SMILES string of the molecule is CCOc1ccc(CC(=O)N2CCN(C)C(c3ccccc3)C2)cc1. The molecule has 1 heterocycles. The number of benzene rings is 2. The zero-order valence-corrected chi connectivity index (χ0v) is 15.0. The Balaban J connectivity index is 1.63. The zero-order chi connectivity index (χ0) is 17.6. The number of ether oxygens (including phenoxy) is 1. The molecule has 1 aliphatic rings. The van der Waals surface area contributed by atoms with Crippen molar-refractivity contribution in [1.29, 1.82) is 0 Å². The third kappa shape index (κ3) is 4.40. The highest BCUT2D eigenvalue weighted by Crippen LogP contribution is 2.24. The van der Waals surface area contributed by atoms with Crippen LogP contribution in [0.4, 0.5) is 0 Å². The summed E-state index contributed by atoms with van der Waals surface area (Å²) < 4.78 is 5.46. The molecule has 0 bridgehead atoms. The molecule has 0 radical (unpaired) electrons. The molecular weight excluding hydrogens is 312 g/mol. The maximum atomic E-state index is 12.7. The Bertz CT molecular complexity index is 685. The maximum Gasteiger partial charge on any atom is 0.227 e. The van der Waals surface area contributed by atoms with E-state index in [0.717, 1.165) is 30.9 Å². The van der Waals surface area contributed by atoms with Crippen molar-refractivity contribution in [1.82, 2.24) is 9.80 Å². The van der Waals surface area contributed by atoms with E-state index in [2.05, 4.69) is 36.2 Å². The highest BCUT2D eigenvalue weighted by atomic mass is 16.5. The number of hydrogen-bond donors (Lipinski definition) is 0. The van der Waals surface area contributed by atoms with Crippen molar-refractivity contribution in [2.24, 2.45) is 0 Å². The Labute approximate surface area is 150 Å². The van der Waals surface area contributed by atoms with Gasteiger partial charge in [0.1, 0.15) is 5.75 Å². The van der Waals surface area contributed by atoms with E-state index >= 15 is 0 Å². The number of piperazine rings is 1. The van der Waals surface area contributed by atoms with Gasteiger partial charge in [-0.05, 0) is 37.2 Å². The van der Waals surface area contributed by atoms with Crippen LogP contribution in [0, 0.1) is 0 Å². The van der Waals surface area contributed by atoms with Crippen molar-refractivity contribution < 1.29 is 9.53 Å². The van der Waals surface area contributed by atoms with Gasteiger partial charge in [0, 0.05) is 19.6 Å². The second-order valence-electron chi connectivity index (χ2n) is 6.50. The number of carbonyl (C=O) groups is 1. The minimum atomic E-state index is 0.193.